The molecular formula is C16H17N5O2. The number of anilines is 2. The molecule has 1 N–H and O–H groups in total. The predicted octanol–water partition coefficient (Wildman–Crippen LogP) is 2.37. The van der Waals surface area contributed by atoms with Crippen LogP contribution in [-0.2, 0) is 12.8 Å². The van der Waals surface area contributed by atoms with Gasteiger partial charge in [-0.25, -0.2) is 4.98 Å². The molecule has 0 fully saturated rings. The van der Waals surface area contributed by atoms with Gasteiger partial charge in [0.25, 0.3) is 5.78 Å². The van der Waals surface area contributed by atoms with Crippen molar-refractivity contribution in [2.24, 2.45) is 0 Å². The highest BCUT2D eigenvalue weighted by atomic mass is 16.5. The van der Waals surface area contributed by atoms with Crippen molar-refractivity contribution < 1.29 is 9.47 Å². The molecule has 1 aliphatic rings. The van der Waals surface area contributed by atoms with Gasteiger partial charge >= 0.3 is 0 Å². The van der Waals surface area contributed by atoms with E-state index in [9.17, 15) is 0 Å². The highest BCUT2D eigenvalue weighted by Gasteiger charge is 2.21. The van der Waals surface area contributed by atoms with Crippen LogP contribution in [0.2, 0.25) is 0 Å². The van der Waals surface area contributed by atoms with Crippen molar-refractivity contribution in [3.8, 4) is 11.5 Å². The summed E-state index contributed by atoms with van der Waals surface area (Å²) in [6.45, 7) is 0. The zero-order valence-electron chi connectivity index (χ0n) is 13.0. The Morgan fingerprint density at radius 2 is 1.87 bits per heavy atom. The summed E-state index contributed by atoms with van der Waals surface area (Å²) in [5, 5.41) is 7.74. The molecule has 7 heteroatoms. The quantitative estimate of drug-likeness (QED) is 0.797. The monoisotopic (exact) mass is 311 g/mol. The molecule has 0 amide bonds. The second-order valence-corrected chi connectivity index (χ2v) is 5.44. The van der Waals surface area contributed by atoms with Crippen LogP contribution in [-0.4, -0.2) is 33.8 Å². The lowest BCUT2D eigenvalue weighted by atomic mass is 10.2. The molecule has 0 radical (unpaired) electrons. The summed E-state index contributed by atoms with van der Waals surface area (Å²) in [6.07, 6.45) is 4.59. The van der Waals surface area contributed by atoms with Gasteiger partial charge in [-0.3, -0.25) is 0 Å². The number of nitrogens with zero attached hydrogens (tertiary/aromatic N) is 4. The SMILES string of the molecule is COc1cc(Nc2c3c(nc4ncnn24)CCC3)cc(OC)c1. The van der Waals surface area contributed by atoms with Gasteiger partial charge in [0.15, 0.2) is 0 Å². The van der Waals surface area contributed by atoms with Crippen LogP contribution in [0.1, 0.15) is 17.7 Å². The lowest BCUT2D eigenvalue weighted by Gasteiger charge is -2.14. The summed E-state index contributed by atoms with van der Waals surface area (Å²) < 4.78 is 12.4. The van der Waals surface area contributed by atoms with Gasteiger partial charge in [-0.05, 0) is 19.3 Å². The summed E-state index contributed by atoms with van der Waals surface area (Å²) in [6, 6.07) is 5.69. The highest BCUT2D eigenvalue weighted by molar-refractivity contribution is 5.66. The minimum absolute atomic E-state index is 0.614. The van der Waals surface area contributed by atoms with Gasteiger partial charge in [0.1, 0.15) is 23.6 Å². The van der Waals surface area contributed by atoms with Crippen molar-refractivity contribution in [3.63, 3.8) is 0 Å². The van der Waals surface area contributed by atoms with Gasteiger partial charge in [0.2, 0.25) is 0 Å². The fourth-order valence-corrected chi connectivity index (χ4v) is 2.97. The van der Waals surface area contributed by atoms with E-state index in [4.69, 9.17) is 9.47 Å². The maximum absolute atomic E-state index is 5.33. The average Bonchev–Trinajstić information content (AvgIpc) is 3.23. The number of fused-ring (bicyclic) bond motifs is 2. The van der Waals surface area contributed by atoms with Crippen LogP contribution in [0.25, 0.3) is 5.78 Å². The smallest absolute Gasteiger partial charge is 0.254 e. The fourth-order valence-electron chi connectivity index (χ4n) is 2.97. The topological polar surface area (TPSA) is 73.6 Å². The number of hydrogen-bond acceptors (Lipinski definition) is 6. The second-order valence-electron chi connectivity index (χ2n) is 5.44. The molecule has 0 saturated heterocycles. The van der Waals surface area contributed by atoms with Crippen molar-refractivity contribution in [2.45, 2.75) is 19.3 Å². The van der Waals surface area contributed by atoms with Crippen molar-refractivity contribution in [1.29, 1.82) is 0 Å². The maximum atomic E-state index is 5.33. The average molecular weight is 311 g/mol. The zero-order chi connectivity index (χ0) is 15.8. The molecule has 2 heterocycles. The van der Waals surface area contributed by atoms with Crippen molar-refractivity contribution in [3.05, 3.63) is 35.8 Å². The van der Waals surface area contributed by atoms with Gasteiger partial charge in [-0.15, -0.1) is 0 Å². The molecule has 3 aromatic rings. The third kappa shape index (κ3) is 2.34. The largest absolute Gasteiger partial charge is 0.497 e. The van der Waals surface area contributed by atoms with E-state index in [1.807, 2.05) is 18.2 Å². The number of aryl methyl sites for hydroxylation is 1. The van der Waals surface area contributed by atoms with Gasteiger partial charge in [0.05, 0.1) is 19.9 Å². The molecule has 23 heavy (non-hydrogen) atoms. The van der Waals surface area contributed by atoms with Gasteiger partial charge in [0, 0.05) is 29.4 Å². The van der Waals surface area contributed by atoms with E-state index in [0.29, 0.717) is 5.78 Å². The van der Waals surface area contributed by atoms with Crippen LogP contribution in [0.4, 0.5) is 11.5 Å². The molecule has 118 valence electrons. The zero-order valence-corrected chi connectivity index (χ0v) is 13.0. The number of benzene rings is 1. The molecule has 2 aromatic heterocycles. The Hall–Kier alpha value is -2.83. The molecule has 4 rings (SSSR count). The number of methoxy groups -OCH3 is 2. The number of hydrogen-bond donors (Lipinski definition) is 1. The Morgan fingerprint density at radius 3 is 2.61 bits per heavy atom. The Bertz CT molecular complexity index is 852. The number of rotatable bonds is 4. The first kappa shape index (κ1) is 13.8. The van der Waals surface area contributed by atoms with E-state index >= 15 is 0 Å². The Labute approximate surface area is 133 Å². The normalized spacial score (nSPS) is 13.1. The van der Waals surface area contributed by atoms with E-state index in [1.165, 1.54) is 11.9 Å². The van der Waals surface area contributed by atoms with Crippen molar-refractivity contribution >= 4 is 17.3 Å². The van der Waals surface area contributed by atoms with Crippen LogP contribution in [0.3, 0.4) is 0 Å². The van der Waals surface area contributed by atoms with E-state index in [0.717, 1.165) is 48.0 Å². The number of ether oxygens (including phenoxy) is 2. The van der Waals surface area contributed by atoms with Gasteiger partial charge < -0.3 is 14.8 Å². The third-order valence-electron chi connectivity index (χ3n) is 4.07. The van der Waals surface area contributed by atoms with E-state index in [2.05, 4.69) is 20.4 Å². The van der Waals surface area contributed by atoms with Crippen molar-refractivity contribution in [2.75, 3.05) is 19.5 Å². The molecule has 7 nitrogen and oxygen atoms in total. The Balaban J connectivity index is 1.83. The van der Waals surface area contributed by atoms with Gasteiger partial charge in [-0.1, -0.05) is 0 Å². The number of nitrogens with one attached hydrogen (secondary N) is 1. The van der Waals surface area contributed by atoms with E-state index in [-0.39, 0.29) is 0 Å². The maximum Gasteiger partial charge on any atom is 0.254 e. The lowest BCUT2D eigenvalue weighted by molar-refractivity contribution is 0.395. The molecule has 0 atom stereocenters. The third-order valence-corrected chi connectivity index (χ3v) is 4.07. The van der Waals surface area contributed by atoms with Crippen LogP contribution in [0.5, 0.6) is 11.5 Å². The number of aromatic nitrogens is 4. The standard InChI is InChI=1S/C16H17N5O2/c1-22-11-6-10(7-12(8-11)23-2)19-15-13-4-3-5-14(13)20-16-17-9-18-21(15)16/h6-9,19H,3-5H2,1-2H3. The van der Waals surface area contributed by atoms with E-state index in [1.54, 1.807) is 18.7 Å². The summed E-state index contributed by atoms with van der Waals surface area (Å²) in [7, 11) is 3.27. The summed E-state index contributed by atoms with van der Waals surface area (Å²) in [5.41, 5.74) is 3.17. The molecule has 0 unspecified atom stereocenters. The Morgan fingerprint density at radius 1 is 1.09 bits per heavy atom. The minimum atomic E-state index is 0.614. The van der Waals surface area contributed by atoms with Crippen LogP contribution < -0.4 is 14.8 Å². The minimum Gasteiger partial charge on any atom is -0.497 e. The van der Waals surface area contributed by atoms with Crippen LogP contribution >= 0.6 is 0 Å². The lowest BCUT2D eigenvalue weighted by Crippen LogP contribution is -2.07. The van der Waals surface area contributed by atoms with E-state index < -0.39 is 0 Å². The molecule has 1 aliphatic carbocycles. The summed E-state index contributed by atoms with van der Waals surface area (Å²) in [4.78, 5) is 8.80. The van der Waals surface area contributed by atoms with Gasteiger partial charge in [-0.2, -0.15) is 14.6 Å². The van der Waals surface area contributed by atoms with Crippen LogP contribution in [0.15, 0.2) is 24.5 Å². The molecule has 0 saturated carbocycles. The molecule has 1 aromatic carbocycles. The fraction of sp³-hybridized carbons (Fsp3) is 0.312. The Kier molecular flexibility index (Phi) is 3.25. The second kappa shape index (κ2) is 5.42. The molecule has 0 bridgehead atoms. The first-order valence-corrected chi connectivity index (χ1v) is 7.50. The molecular weight excluding hydrogens is 294 g/mol. The highest BCUT2D eigenvalue weighted by Crippen LogP contribution is 2.32. The summed E-state index contributed by atoms with van der Waals surface area (Å²) >= 11 is 0. The van der Waals surface area contributed by atoms with Crippen molar-refractivity contribution in [1.82, 2.24) is 19.6 Å². The predicted molar refractivity (Wildman–Crippen MR) is 85.6 cm³/mol. The molecule has 0 aliphatic heterocycles. The first-order chi connectivity index (χ1) is 11.3. The summed E-state index contributed by atoms with van der Waals surface area (Å²) in [5.74, 6) is 2.98. The molecule has 0 spiro atoms. The first-order valence-electron chi connectivity index (χ1n) is 7.50. The van der Waals surface area contributed by atoms with Crippen LogP contribution in [0, 0.1) is 0 Å².